The van der Waals surface area contributed by atoms with Gasteiger partial charge in [-0.3, -0.25) is 0 Å². The molecule has 4 rings (SSSR count). The van der Waals surface area contributed by atoms with Crippen LogP contribution in [0.3, 0.4) is 0 Å². The molecule has 5 nitrogen and oxygen atoms in total. The van der Waals surface area contributed by atoms with E-state index >= 15 is 0 Å². The molecular weight excluding hydrogens is 367 g/mol. The summed E-state index contributed by atoms with van der Waals surface area (Å²) in [6, 6.07) is 3.35. The van der Waals surface area contributed by atoms with Crippen molar-refractivity contribution in [1.82, 2.24) is 15.2 Å². The predicted molar refractivity (Wildman–Crippen MR) is 104 cm³/mol. The Morgan fingerprint density at radius 2 is 1.89 bits per heavy atom. The Balaban J connectivity index is 1.78. The van der Waals surface area contributed by atoms with Crippen molar-refractivity contribution in [2.45, 2.75) is 26.1 Å². The lowest BCUT2D eigenvalue weighted by molar-refractivity contribution is -0.137. The maximum Gasteiger partial charge on any atom is 0.416 e. The number of benzene rings is 1. The molecule has 0 radical (unpaired) electrons. The average molecular weight is 391 g/mol. The molecule has 0 bridgehead atoms. The fraction of sp³-hybridized carbons (Fsp3) is 0.500. The second kappa shape index (κ2) is 7.24. The van der Waals surface area contributed by atoms with E-state index in [9.17, 15) is 13.2 Å². The standard InChI is InChI=1S/C20H24F3N5/c1-3-5-18-16-8-15(20(21,22)23)6-7-17(16)26-19(28(18)25-4-2)27-11-13-9-24-10-14(13)12-27/h3-8,13-14,18,24H,9-12H2,1-2H3/b5-3+,25-4-. The number of rotatable bonds is 2. The zero-order chi connectivity index (χ0) is 19.9. The Labute approximate surface area is 162 Å². The molecule has 3 atom stereocenters. The summed E-state index contributed by atoms with van der Waals surface area (Å²) >= 11 is 0. The Morgan fingerprint density at radius 1 is 1.18 bits per heavy atom. The van der Waals surface area contributed by atoms with Gasteiger partial charge in [0.25, 0.3) is 0 Å². The third kappa shape index (κ3) is 3.30. The number of alkyl halides is 3. The van der Waals surface area contributed by atoms with E-state index in [1.807, 2.05) is 19.1 Å². The van der Waals surface area contributed by atoms with Gasteiger partial charge in [0.05, 0.1) is 11.3 Å². The second-order valence-corrected chi connectivity index (χ2v) is 7.46. The first-order chi connectivity index (χ1) is 13.4. The summed E-state index contributed by atoms with van der Waals surface area (Å²) in [6.07, 6.45) is 0.985. The van der Waals surface area contributed by atoms with Crippen LogP contribution in [0, 0.1) is 11.8 Å². The van der Waals surface area contributed by atoms with Gasteiger partial charge in [0.2, 0.25) is 5.96 Å². The van der Waals surface area contributed by atoms with Crippen molar-refractivity contribution in [2.24, 2.45) is 21.9 Å². The maximum absolute atomic E-state index is 13.3. The first kappa shape index (κ1) is 19.0. The van der Waals surface area contributed by atoms with Gasteiger partial charge in [-0.2, -0.15) is 18.3 Å². The van der Waals surface area contributed by atoms with Crippen LogP contribution in [0.1, 0.15) is 31.0 Å². The van der Waals surface area contributed by atoms with Crippen molar-refractivity contribution in [2.75, 3.05) is 26.2 Å². The summed E-state index contributed by atoms with van der Waals surface area (Å²) in [7, 11) is 0. The highest BCUT2D eigenvalue weighted by Gasteiger charge is 2.41. The molecular formula is C20H24F3N5. The van der Waals surface area contributed by atoms with E-state index < -0.39 is 17.8 Å². The number of guanidine groups is 1. The number of allylic oxidation sites excluding steroid dienone is 1. The SMILES string of the molecule is C/C=N\N1C(N2CC3CNCC3C2)=Nc2ccc(C(F)(F)F)cc2C1/C=C/C. The van der Waals surface area contributed by atoms with Crippen LogP contribution >= 0.6 is 0 Å². The fourth-order valence-corrected chi connectivity index (χ4v) is 4.33. The van der Waals surface area contributed by atoms with Crippen LogP contribution in [-0.4, -0.2) is 48.3 Å². The van der Waals surface area contributed by atoms with Crippen molar-refractivity contribution in [3.8, 4) is 0 Å². The Bertz CT molecular complexity index is 818. The van der Waals surface area contributed by atoms with Crippen LogP contribution in [0.2, 0.25) is 0 Å². The minimum Gasteiger partial charge on any atom is -0.340 e. The highest BCUT2D eigenvalue weighted by atomic mass is 19.4. The molecule has 8 heteroatoms. The van der Waals surface area contributed by atoms with Gasteiger partial charge in [0, 0.05) is 38.0 Å². The number of hydrogen-bond acceptors (Lipinski definition) is 5. The average Bonchev–Trinajstić information content (AvgIpc) is 3.24. The number of halogens is 3. The molecule has 1 aromatic rings. The van der Waals surface area contributed by atoms with Crippen LogP contribution in [0.15, 0.2) is 40.4 Å². The molecule has 3 aliphatic rings. The zero-order valence-corrected chi connectivity index (χ0v) is 15.9. The zero-order valence-electron chi connectivity index (χ0n) is 15.9. The number of hydrogen-bond donors (Lipinski definition) is 1. The number of fused-ring (bicyclic) bond motifs is 2. The van der Waals surface area contributed by atoms with Gasteiger partial charge in [-0.25, -0.2) is 10.0 Å². The molecule has 2 saturated heterocycles. The third-order valence-corrected chi connectivity index (χ3v) is 5.65. The molecule has 0 amide bonds. The number of hydrazone groups is 1. The van der Waals surface area contributed by atoms with Gasteiger partial charge in [0.1, 0.15) is 6.04 Å². The van der Waals surface area contributed by atoms with E-state index in [1.54, 1.807) is 18.1 Å². The fourth-order valence-electron chi connectivity index (χ4n) is 4.33. The molecule has 3 heterocycles. The van der Waals surface area contributed by atoms with Gasteiger partial charge < -0.3 is 10.2 Å². The van der Waals surface area contributed by atoms with Crippen molar-refractivity contribution in [3.63, 3.8) is 0 Å². The maximum atomic E-state index is 13.3. The quantitative estimate of drug-likeness (QED) is 0.616. The molecule has 1 aromatic carbocycles. The summed E-state index contributed by atoms with van der Waals surface area (Å²) in [6.45, 7) is 7.41. The van der Waals surface area contributed by atoms with Crippen LogP contribution in [0.4, 0.5) is 18.9 Å². The highest BCUT2D eigenvalue weighted by molar-refractivity contribution is 5.87. The topological polar surface area (TPSA) is 43.2 Å². The smallest absolute Gasteiger partial charge is 0.340 e. The Kier molecular flexibility index (Phi) is 4.91. The molecule has 0 spiro atoms. The molecule has 3 unspecified atom stereocenters. The molecule has 1 N–H and O–H groups in total. The lowest BCUT2D eigenvalue weighted by atomic mass is 9.99. The van der Waals surface area contributed by atoms with Crippen LogP contribution < -0.4 is 5.32 Å². The van der Waals surface area contributed by atoms with Crippen LogP contribution in [0.25, 0.3) is 0 Å². The number of likely N-dealkylation sites (tertiary alicyclic amines) is 1. The summed E-state index contributed by atoms with van der Waals surface area (Å²) in [5, 5.41) is 9.65. The molecule has 0 saturated carbocycles. The first-order valence-electron chi connectivity index (χ1n) is 9.58. The predicted octanol–water partition coefficient (Wildman–Crippen LogP) is 3.78. The lowest BCUT2D eigenvalue weighted by Gasteiger charge is -2.37. The minimum atomic E-state index is -4.39. The van der Waals surface area contributed by atoms with Crippen molar-refractivity contribution in [1.29, 1.82) is 0 Å². The van der Waals surface area contributed by atoms with Crippen molar-refractivity contribution in [3.05, 3.63) is 41.5 Å². The van der Waals surface area contributed by atoms with Crippen molar-refractivity contribution < 1.29 is 13.2 Å². The van der Waals surface area contributed by atoms with E-state index in [4.69, 9.17) is 4.99 Å². The number of aliphatic imine (C=N–C) groups is 1. The Hall–Kier alpha value is -2.35. The van der Waals surface area contributed by atoms with E-state index in [0.29, 0.717) is 29.0 Å². The van der Waals surface area contributed by atoms with Gasteiger partial charge in [-0.05, 0) is 43.9 Å². The van der Waals surface area contributed by atoms with E-state index in [2.05, 4.69) is 15.3 Å². The van der Waals surface area contributed by atoms with Gasteiger partial charge >= 0.3 is 6.18 Å². The minimum absolute atomic E-state index is 0.426. The first-order valence-corrected chi connectivity index (χ1v) is 9.58. The molecule has 0 aliphatic carbocycles. The van der Waals surface area contributed by atoms with E-state index in [1.165, 1.54) is 12.1 Å². The lowest BCUT2D eigenvalue weighted by Crippen LogP contribution is -2.44. The normalized spacial score (nSPS) is 27.6. The summed E-state index contributed by atoms with van der Waals surface area (Å²) in [4.78, 5) is 6.97. The van der Waals surface area contributed by atoms with E-state index in [-0.39, 0.29) is 0 Å². The van der Waals surface area contributed by atoms with Gasteiger partial charge in [-0.1, -0.05) is 12.2 Å². The van der Waals surface area contributed by atoms with Crippen LogP contribution in [-0.2, 0) is 6.18 Å². The molecule has 28 heavy (non-hydrogen) atoms. The largest absolute Gasteiger partial charge is 0.416 e. The summed E-state index contributed by atoms with van der Waals surface area (Å²) in [5.41, 5.74) is 0.425. The molecule has 0 aromatic heterocycles. The third-order valence-electron chi connectivity index (χ3n) is 5.65. The summed E-state index contributed by atoms with van der Waals surface area (Å²) in [5.74, 6) is 1.86. The number of nitrogens with one attached hydrogen (secondary N) is 1. The highest BCUT2D eigenvalue weighted by Crippen LogP contribution is 2.41. The summed E-state index contributed by atoms with van der Waals surface area (Å²) < 4.78 is 39.8. The van der Waals surface area contributed by atoms with Gasteiger partial charge in [-0.15, -0.1) is 0 Å². The second-order valence-electron chi connectivity index (χ2n) is 7.46. The molecule has 2 fully saturated rings. The van der Waals surface area contributed by atoms with Crippen LogP contribution in [0.5, 0.6) is 0 Å². The van der Waals surface area contributed by atoms with E-state index in [0.717, 1.165) is 32.2 Å². The molecule has 150 valence electrons. The van der Waals surface area contributed by atoms with Gasteiger partial charge in [0.15, 0.2) is 0 Å². The van der Waals surface area contributed by atoms with Crippen molar-refractivity contribution >= 4 is 17.9 Å². The monoisotopic (exact) mass is 391 g/mol. The number of nitrogens with zero attached hydrogens (tertiary/aromatic N) is 4. The molecule has 3 aliphatic heterocycles. The Morgan fingerprint density at radius 3 is 2.50 bits per heavy atom.